The van der Waals surface area contributed by atoms with Crippen molar-refractivity contribution in [3.8, 4) is 0 Å². The Morgan fingerprint density at radius 3 is 2.00 bits per heavy atom. The summed E-state index contributed by atoms with van der Waals surface area (Å²) < 4.78 is 0. The highest BCUT2D eigenvalue weighted by atomic mass is 16.2. The Morgan fingerprint density at radius 1 is 1.17 bits per heavy atom. The maximum Gasteiger partial charge on any atom is 0.234 e. The van der Waals surface area contributed by atoms with Gasteiger partial charge in [0.05, 0.1) is 12.6 Å². The van der Waals surface area contributed by atoms with Crippen LogP contribution in [0.1, 0.15) is 47.5 Å². The highest BCUT2D eigenvalue weighted by Gasteiger charge is 2.22. The predicted octanol–water partition coefficient (Wildman–Crippen LogP) is 1.84. The molecule has 0 aliphatic heterocycles. The lowest BCUT2D eigenvalue weighted by Crippen LogP contribution is -2.48. The van der Waals surface area contributed by atoms with Crippen LogP contribution >= 0.6 is 0 Å². The molecule has 0 aromatic heterocycles. The highest BCUT2D eigenvalue weighted by molar-refractivity contribution is 5.88. The Labute approximate surface area is 111 Å². The molecule has 1 amide bonds. The van der Waals surface area contributed by atoms with Gasteiger partial charge in [-0.2, -0.15) is 0 Å². The second-order valence-corrected chi connectivity index (χ2v) is 5.29. The molecule has 0 aliphatic rings. The fraction of sp³-hybridized carbons (Fsp3) is 0.857. The van der Waals surface area contributed by atoms with Crippen molar-refractivity contribution >= 4 is 11.7 Å². The number of likely N-dealkylation sites (N-methyl/N-ethyl adjacent to an activating group) is 1. The van der Waals surface area contributed by atoms with E-state index in [0.717, 1.165) is 12.8 Å². The van der Waals surface area contributed by atoms with Crippen LogP contribution in [0.15, 0.2) is 0 Å². The molecule has 0 saturated heterocycles. The second kappa shape index (κ2) is 8.25. The number of hydrogen-bond donors (Lipinski definition) is 1. The summed E-state index contributed by atoms with van der Waals surface area (Å²) in [5.41, 5.74) is 0. The number of carbonyl (C=O) groups excluding carboxylic acids is 2. The van der Waals surface area contributed by atoms with Crippen LogP contribution in [0.25, 0.3) is 0 Å². The molecule has 0 saturated carbocycles. The summed E-state index contributed by atoms with van der Waals surface area (Å²) >= 11 is 0. The zero-order chi connectivity index (χ0) is 14.3. The molecule has 106 valence electrons. The molecule has 1 atom stereocenters. The molecule has 0 spiro atoms. The molecule has 0 aliphatic carbocycles. The van der Waals surface area contributed by atoms with Crippen LogP contribution in [0, 0.1) is 5.92 Å². The van der Waals surface area contributed by atoms with Crippen LogP contribution in [-0.2, 0) is 9.59 Å². The lowest BCUT2D eigenvalue weighted by molar-refractivity contribution is -0.128. The lowest BCUT2D eigenvalue weighted by Gasteiger charge is -2.27. The molecular formula is C14H28N2O2. The van der Waals surface area contributed by atoms with Crippen LogP contribution in [0.3, 0.4) is 0 Å². The molecule has 18 heavy (non-hydrogen) atoms. The molecule has 0 rings (SSSR count). The van der Waals surface area contributed by atoms with Crippen molar-refractivity contribution in [3.05, 3.63) is 0 Å². The van der Waals surface area contributed by atoms with Gasteiger partial charge in [0.1, 0.15) is 0 Å². The number of rotatable bonds is 8. The van der Waals surface area contributed by atoms with Gasteiger partial charge in [-0.25, -0.2) is 0 Å². The van der Waals surface area contributed by atoms with Gasteiger partial charge in [0.2, 0.25) is 5.91 Å². The Balaban J connectivity index is 4.36. The zero-order valence-corrected chi connectivity index (χ0v) is 12.6. The van der Waals surface area contributed by atoms with E-state index < -0.39 is 0 Å². The third kappa shape index (κ3) is 5.63. The molecule has 0 fully saturated rings. The van der Waals surface area contributed by atoms with Crippen LogP contribution in [-0.4, -0.2) is 42.3 Å². The van der Waals surface area contributed by atoms with E-state index in [0.29, 0.717) is 12.6 Å². The molecule has 0 aromatic rings. The maximum absolute atomic E-state index is 11.9. The fourth-order valence-electron chi connectivity index (χ4n) is 2.22. The van der Waals surface area contributed by atoms with Gasteiger partial charge in [0, 0.05) is 6.04 Å². The maximum atomic E-state index is 11.9. The van der Waals surface area contributed by atoms with Crippen molar-refractivity contribution in [1.29, 1.82) is 0 Å². The predicted molar refractivity (Wildman–Crippen MR) is 74.4 cm³/mol. The van der Waals surface area contributed by atoms with Crippen molar-refractivity contribution in [3.63, 3.8) is 0 Å². The minimum atomic E-state index is -0.368. The van der Waals surface area contributed by atoms with E-state index in [9.17, 15) is 9.59 Å². The first-order chi connectivity index (χ1) is 8.33. The molecule has 0 bridgehead atoms. The van der Waals surface area contributed by atoms with Gasteiger partial charge in [-0.1, -0.05) is 27.7 Å². The summed E-state index contributed by atoms with van der Waals surface area (Å²) in [4.78, 5) is 25.4. The number of ketones is 1. The standard InChI is InChI=1S/C14H28N2O2/c1-7-12(8-2)16(6)9-13(18)15-14(10(3)4)11(5)17/h10,12,14H,7-9H2,1-6H3,(H,15,18). The second-order valence-electron chi connectivity index (χ2n) is 5.29. The van der Waals surface area contributed by atoms with Gasteiger partial charge in [-0.3, -0.25) is 14.5 Å². The Bertz CT molecular complexity index is 273. The summed E-state index contributed by atoms with van der Waals surface area (Å²) in [6, 6.07) is 0.0539. The number of Topliss-reactive ketones (excluding diaryl/α,β-unsaturated/α-hetero) is 1. The quantitative estimate of drug-likeness (QED) is 0.721. The number of nitrogens with zero attached hydrogens (tertiary/aromatic N) is 1. The van der Waals surface area contributed by atoms with Gasteiger partial charge in [-0.15, -0.1) is 0 Å². The molecule has 0 aromatic carbocycles. The SMILES string of the molecule is CCC(CC)N(C)CC(=O)NC(C(C)=O)C(C)C. The summed E-state index contributed by atoms with van der Waals surface area (Å²) in [5, 5.41) is 2.82. The van der Waals surface area contributed by atoms with E-state index in [2.05, 4.69) is 19.2 Å². The highest BCUT2D eigenvalue weighted by Crippen LogP contribution is 2.06. The van der Waals surface area contributed by atoms with Crippen LogP contribution in [0.4, 0.5) is 0 Å². The third-order valence-electron chi connectivity index (χ3n) is 3.38. The summed E-state index contributed by atoms with van der Waals surface area (Å²) in [5.74, 6) is 0.0757. The topological polar surface area (TPSA) is 49.4 Å². The number of carbonyl (C=O) groups is 2. The molecule has 4 heteroatoms. The summed E-state index contributed by atoms with van der Waals surface area (Å²) in [6.07, 6.45) is 2.06. The fourth-order valence-corrected chi connectivity index (χ4v) is 2.22. The summed E-state index contributed by atoms with van der Waals surface area (Å²) in [7, 11) is 1.95. The number of nitrogens with one attached hydrogen (secondary N) is 1. The van der Waals surface area contributed by atoms with E-state index in [1.54, 1.807) is 0 Å². The van der Waals surface area contributed by atoms with E-state index in [1.165, 1.54) is 6.92 Å². The van der Waals surface area contributed by atoms with Crippen LogP contribution in [0.5, 0.6) is 0 Å². The monoisotopic (exact) mass is 256 g/mol. The first-order valence-corrected chi connectivity index (χ1v) is 6.83. The molecule has 0 radical (unpaired) electrons. The zero-order valence-electron chi connectivity index (χ0n) is 12.6. The summed E-state index contributed by atoms with van der Waals surface area (Å²) in [6.45, 7) is 10.00. The molecule has 4 nitrogen and oxygen atoms in total. The Kier molecular flexibility index (Phi) is 7.83. The van der Waals surface area contributed by atoms with Crippen LogP contribution < -0.4 is 5.32 Å². The third-order valence-corrected chi connectivity index (χ3v) is 3.38. The van der Waals surface area contributed by atoms with Gasteiger partial charge >= 0.3 is 0 Å². The molecular weight excluding hydrogens is 228 g/mol. The Morgan fingerprint density at radius 2 is 1.67 bits per heavy atom. The van der Waals surface area contributed by atoms with Gasteiger partial charge < -0.3 is 5.32 Å². The van der Waals surface area contributed by atoms with E-state index in [-0.39, 0.29) is 23.7 Å². The van der Waals surface area contributed by atoms with E-state index in [4.69, 9.17) is 0 Å². The molecule has 1 unspecified atom stereocenters. The van der Waals surface area contributed by atoms with Crippen LogP contribution in [0.2, 0.25) is 0 Å². The molecule has 1 N–H and O–H groups in total. The average molecular weight is 256 g/mol. The smallest absolute Gasteiger partial charge is 0.234 e. The van der Waals surface area contributed by atoms with Gasteiger partial charge in [-0.05, 0) is 32.7 Å². The van der Waals surface area contributed by atoms with Crippen molar-refractivity contribution in [2.24, 2.45) is 5.92 Å². The lowest BCUT2D eigenvalue weighted by atomic mass is 10.0. The minimum Gasteiger partial charge on any atom is -0.345 e. The van der Waals surface area contributed by atoms with Crippen molar-refractivity contribution in [1.82, 2.24) is 10.2 Å². The first kappa shape index (κ1) is 17.1. The van der Waals surface area contributed by atoms with Gasteiger partial charge in [0.25, 0.3) is 0 Å². The van der Waals surface area contributed by atoms with E-state index >= 15 is 0 Å². The van der Waals surface area contributed by atoms with Crippen molar-refractivity contribution in [2.45, 2.75) is 59.5 Å². The number of amides is 1. The van der Waals surface area contributed by atoms with E-state index in [1.807, 2.05) is 25.8 Å². The average Bonchev–Trinajstić information content (AvgIpc) is 2.26. The largest absolute Gasteiger partial charge is 0.345 e. The van der Waals surface area contributed by atoms with Crippen molar-refractivity contribution < 1.29 is 9.59 Å². The van der Waals surface area contributed by atoms with Gasteiger partial charge in [0.15, 0.2) is 5.78 Å². The van der Waals surface area contributed by atoms with Crippen molar-refractivity contribution in [2.75, 3.05) is 13.6 Å². The molecule has 0 heterocycles. The number of hydrogen-bond acceptors (Lipinski definition) is 3. The normalized spacial score (nSPS) is 13.2. The Hall–Kier alpha value is -0.900. The first-order valence-electron chi connectivity index (χ1n) is 6.83. The minimum absolute atomic E-state index is 0.0172.